The molecule has 1 rings (SSSR count). The van der Waals surface area contributed by atoms with Gasteiger partial charge in [0, 0.05) is 0 Å². The van der Waals surface area contributed by atoms with Crippen molar-refractivity contribution in [2.75, 3.05) is 13.2 Å². The van der Waals surface area contributed by atoms with Gasteiger partial charge in [-0.3, -0.25) is 4.79 Å². The van der Waals surface area contributed by atoms with Crippen LogP contribution in [0, 0.1) is 0 Å². The van der Waals surface area contributed by atoms with Gasteiger partial charge in [-0.25, -0.2) is 0 Å². The molecule has 0 bridgehead atoms. The van der Waals surface area contributed by atoms with E-state index in [9.17, 15) is 40.5 Å². The Kier molecular flexibility index (Phi) is 54.2. The summed E-state index contributed by atoms with van der Waals surface area (Å²) in [6.07, 6.45) is 60.8. The summed E-state index contributed by atoms with van der Waals surface area (Å²) >= 11 is 0. The van der Waals surface area contributed by atoms with Gasteiger partial charge in [-0.2, -0.15) is 0 Å². The van der Waals surface area contributed by atoms with Crippen LogP contribution in [0.15, 0.2) is 36.5 Å². The van der Waals surface area contributed by atoms with Crippen molar-refractivity contribution in [2.24, 2.45) is 0 Å². The van der Waals surface area contributed by atoms with Crippen molar-refractivity contribution in [3.63, 3.8) is 0 Å². The summed E-state index contributed by atoms with van der Waals surface area (Å²) in [7, 11) is 0. The van der Waals surface area contributed by atoms with E-state index in [0.29, 0.717) is 12.8 Å². The predicted molar refractivity (Wildman–Crippen MR) is 330 cm³/mol. The lowest BCUT2D eigenvalue weighted by atomic mass is 9.98. The minimum Gasteiger partial charge on any atom is -0.394 e. The van der Waals surface area contributed by atoms with Gasteiger partial charge >= 0.3 is 0 Å². The summed E-state index contributed by atoms with van der Waals surface area (Å²) in [5.74, 6) is -0.707. The first kappa shape index (κ1) is 75.3. The molecule has 0 spiro atoms. The second-order valence-electron chi connectivity index (χ2n) is 23.9. The highest BCUT2D eigenvalue weighted by atomic mass is 16.7. The average Bonchev–Trinajstić information content (AvgIpc) is 3.46. The number of nitrogens with one attached hydrogen (secondary N) is 1. The van der Waals surface area contributed by atoms with Gasteiger partial charge in [-0.05, 0) is 70.6 Å². The molecular weight excluding hydrogens is 991 g/mol. The van der Waals surface area contributed by atoms with Gasteiger partial charge in [-0.1, -0.05) is 288 Å². The molecule has 466 valence electrons. The highest BCUT2D eigenvalue weighted by Crippen LogP contribution is 2.24. The van der Waals surface area contributed by atoms with Crippen molar-refractivity contribution < 1.29 is 50.0 Å². The molecule has 0 aliphatic carbocycles. The van der Waals surface area contributed by atoms with E-state index in [4.69, 9.17) is 9.47 Å². The number of rotatable bonds is 59. The van der Waals surface area contributed by atoms with Crippen LogP contribution in [-0.4, -0.2) is 110 Å². The number of allylic oxidation sites excluding steroid dienone is 6. The van der Waals surface area contributed by atoms with Gasteiger partial charge < -0.3 is 50.5 Å². The Labute approximate surface area is 486 Å². The van der Waals surface area contributed by atoms with Crippen LogP contribution in [0.1, 0.15) is 322 Å². The summed E-state index contributed by atoms with van der Waals surface area (Å²) in [6, 6.07) is -1.19. The normalized spacial score (nSPS) is 19.5. The van der Waals surface area contributed by atoms with Crippen LogP contribution >= 0.6 is 0 Å². The van der Waals surface area contributed by atoms with E-state index < -0.39 is 74.2 Å². The summed E-state index contributed by atoms with van der Waals surface area (Å²) in [6.45, 7) is 3.49. The quantitative estimate of drug-likeness (QED) is 0.0215. The van der Waals surface area contributed by atoms with E-state index >= 15 is 0 Å². The fourth-order valence-corrected chi connectivity index (χ4v) is 10.9. The van der Waals surface area contributed by atoms with Crippen molar-refractivity contribution >= 4 is 5.91 Å². The lowest BCUT2D eigenvalue weighted by Crippen LogP contribution is -2.60. The maximum absolute atomic E-state index is 13.2. The lowest BCUT2D eigenvalue weighted by molar-refractivity contribution is -0.303. The molecule has 11 nitrogen and oxygen atoms in total. The molecule has 1 heterocycles. The molecule has 9 atom stereocenters. The van der Waals surface area contributed by atoms with Crippen molar-refractivity contribution in [1.29, 1.82) is 0 Å². The monoisotopic (exact) mass is 1120 g/mol. The highest BCUT2D eigenvalue weighted by Gasteiger charge is 2.44. The zero-order valence-electron chi connectivity index (χ0n) is 51.4. The van der Waals surface area contributed by atoms with Crippen molar-refractivity contribution in [3.05, 3.63) is 36.5 Å². The standard InChI is InChI=1S/C68H129NO10/c1-3-5-7-9-11-13-15-17-19-21-23-25-27-29-30-31-32-34-35-37-39-41-43-45-47-49-51-53-55-60(71)63(73)59(58-78-68-66(76)65(75)64(74)62(57-70)79-68)69-67(77)61(72)56-54-52-50-48-46-44-42-40-38-36-33-28-26-24-22-20-18-16-14-12-10-8-6-4-2/h24,26,33,36,47,49,59-66,68,70-76H,3-23,25,27-32,34-35,37-46,48,50-58H2,1-2H3,(H,69,77)/b26-24-,36-33-,49-47+. The molecule has 1 aliphatic rings. The largest absolute Gasteiger partial charge is 0.394 e. The first-order valence-corrected chi connectivity index (χ1v) is 33.9. The van der Waals surface area contributed by atoms with E-state index in [1.807, 2.05) is 0 Å². The highest BCUT2D eigenvalue weighted by molar-refractivity contribution is 5.80. The predicted octanol–water partition coefficient (Wildman–Crippen LogP) is 15.8. The Bertz CT molecular complexity index is 1380. The second kappa shape index (κ2) is 56.8. The Balaban J connectivity index is 2.25. The molecular formula is C68H129NO10. The Morgan fingerprint density at radius 3 is 1.16 bits per heavy atom. The second-order valence-corrected chi connectivity index (χ2v) is 23.9. The molecule has 0 saturated carbocycles. The maximum atomic E-state index is 13.2. The molecule has 0 aromatic heterocycles. The molecule has 9 unspecified atom stereocenters. The van der Waals surface area contributed by atoms with Crippen molar-refractivity contribution in [1.82, 2.24) is 5.32 Å². The van der Waals surface area contributed by atoms with E-state index in [1.54, 1.807) is 0 Å². The molecule has 1 amide bonds. The number of hydrogen-bond acceptors (Lipinski definition) is 10. The van der Waals surface area contributed by atoms with Crippen molar-refractivity contribution in [2.45, 2.75) is 377 Å². The smallest absolute Gasteiger partial charge is 0.249 e. The van der Waals surface area contributed by atoms with E-state index in [1.165, 1.54) is 231 Å². The first-order chi connectivity index (χ1) is 38.7. The van der Waals surface area contributed by atoms with Crippen LogP contribution in [0.4, 0.5) is 0 Å². The van der Waals surface area contributed by atoms with Gasteiger partial charge in [-0.15, -0.1) is 0 Å². The van der Waals surface area contributed by atoms with Crippen LogP contribution in [0.3, 0.4) is 0 Å². The summed E-state index contributed by atoms with van der Waals surface area (Å²) in [5.41, 5.74) is 0. The molecule has 1 saturated heterocycles. The SMILES string of the molecule is CCCCCCCCCCC/C=C\C/C=C\CCCCCCCCCCC(O)C(=O)NC(COC1OC(CO)C(O)C(O)C1O)C(O)C(O)CCC/C=C/CCCCCCCCCCCCCCCCCCCCCCCCC. The third-order valence-electron chi connectivity index (χ3n) is 16.4. The van der Waals surface area contributed by atoms with Crippen LogP contribution < -0.4 is 5.32 Å². The molecule has 0 aromatic rings. The number of hydrogen-bond donors (Lipinski definition) is 8. The Morgan fingerprint density at radius 1 is 0.443 bits per heavy atom. The molecule has 11 heteroatoms. The van der Waals surface area contributed by atoms with Gasteiger partial charge in [0.05, 0.1) is 25.4 Å². The zero-order valence-corrected chi connectivity index (χ0v) is 51.4. The van der Waals surface area contributed by atoms with Gasteiger partial charge in [0.25, 0.3) is 0 Å². The minimum absolute atomic E-state index is 0.248. The van der Waals surface area contributed by atoms with E-state index in [2.05, 4.69) is 55.6 Å². The van der Waals surface area contributed by atoms with Crippen LogP contribution in [0.25, 0.3) is 0 Å². The van der Waals surface area contributed by atoms with Crippen molar-refractivity contribution in [3.8, 4) is 0 Å². The fourth-order valence-electron chi connectivity index (χ4n) is 10.9. The maximum Gasteiger partial charge on any atom is 0.249 e. The van der Waals surface area contributed by atoms with Gasteiger partial charge in [0.2, 0.25) is 5.91 Å². The zero-order chi connectivity index (χ0) is 57.5. The Morgan fingerprint density at radius 2 is 0.785 bits per heavy atom. The van der Waals surface area contributed by atoms with E-state index in [0.717, 1.165) is 51.4 Å². The van der Waals surface area contributed by atoms with Crippen LogP contribution in [-0.2, 0) is 14.3 Å². The van der Waals surface area contributed by atoms with Gasteiger partial charge in [0.1, 0.15) is 36.6 Å². The number of unbranched alkanes of at least 4 members (excludes halogenated alkanes) is 41. The molecule has 8 N–H and O–H groups in total. The third kappa shape index (κ3) is 44.5. The molecule has 1 fully saturated rings. The molecule has 0 radical (unpaired) electrons. The van der Waals surface area contributed by atoms with Crippen LogP contribution in [0.2, 0.25) is 0 Å². The third-order valence-corrected chi connectivity index (χ3v) is 16.4. The molecule has 1 aliphatic heterocycles. The summed E-state index contributed by atoms with van der Waals surface area (Å²) in [4.78, 5) is 13.2. The number of ether oxygens (including phenoxy) is 2. The number of aliphatic hydroxyl groups is 7. The topological polar surface area (TPSA) is 189 Å². The summed E-state index contributed by atoms with van der Waals surface area (Å²) in [5, 5.41) is 76.4. The molecule has 79 heavy (non-hydrogen) atoms. The van der Waals surface area contributed by atoms with Gasteiger partial charge in [0.15, 0.2) is 6.29 Å². The number of carbonyl (C=O) groups excluding carboxylic acids is 1. The number of carbonyl (C=O) groups is 1. The van der Waals surface area contributed by atoms with Crippen LogP contribution in [0.5, 0.6) is 0 Å². The minimum atomic E-state index is -1.67. The number of aliphatic hydroxyl groups excluding tert-OH is 7. The Hall–Kier alpha value is -1.67. The molecule has 0 aromatic carbocycles. The lowest BCUT2D eigenvalue weighted by Gasteiger charge is -2.40. The number of amides is 1. The van der Waals surface area contributed by atoms with E-state index in [-0.39, 0.29) is 12.8 Å². The first-order valence-electron chi connectivity index (χ1n) is 33.9. The summed E-state index contributed by atoms with van der Waals surface area (Å²) < 4.78 is 11.2. The fraction of sp³-hybridized carbons (Fsp3) is 0.897. The average molecular weight is 1120 g/mol.